The minimum Gasteiger partial charge on any atom is -0.378 e. The van der Waals surface area contributed by atoms with Gasteiger partial charge in [-0.15, -0.1) is 0 Å². The molecule has 1 fully saturated rings. The second kappa shape index (κ2) is 7.74. The molecular formula is C14H28N2O2. The fourth-order valence-electron chi connectivity index (χ4n) is 2.12. The van der Waals surface area contributed by atoms with E-state index in [1.807, 2.05) is 6.92 Å². The summed E-state index contributed by atoms with van der Waals surface area (Å²) in [7, 11) is 0. The summed E-state index contributed by atoms with van der Waals surface area (Å²) >= 11 is 0. The van der Waals surface area contributed by atoms with E-state index in [-0.39, 0.29) is 5.91 Å². The van der Waals surface area contributed by atoms with E-state index in [0.29, 0.717) is 19.1 Å². The molecule has 1 unspecified atom stereocenters. The lowest BCUT2D eigenvalue weighted by Gasteiger charge is -2.23. The van der Waals surface area contributed by atoms with Gasteiger partial charge in [0.05, 0.1) is 11.6 Å². The van der Waals surface area contributed by atoms with Gasteiger partial charge in [-0.05, 0) is 32.6 Å². The Morgan fingerprint density at radius 3 is 2.67 bits per heavy atom. The number of carbonyl (C=O) groups is 1. The Hall–Kier alpha value is -0.610. The summed E-state index contributed by atoms with van der Waals surface area (Å²) in [5.41, 5.74) is 5.10. The van der Waals surface area contributed by atoms with Crippen LogP contribution in [0.3, 0.4) is 0 Å². The van der Waals surface area contributed by atoms with E-state index >= 15 is 0 Å². The lowest BCUT2D eigenvalue weighted by molar-refractivity contribution is -0.125. The van der Waals surface area contributed by atoms with Crippen LogP contribution in [0.1, 0.15) is 58.8 Å². The van der Waals surface area contributed by atoms with Crippen molar-refractivity contribution in [2.75, 3.05) is 13.2 Å². The van der Waals surface area contributed by atoms with E-state index in [2.05, 4.69) is 5.32 Å². The van der Waals surface area contributed by atoms with Gasteiger partial charge in [0.15, 0.2) is 0 Å². The lowest BCUT2D eigenvalue weighted by Crippen LogP contribution is -2.51. The molecular weight excluding hydrogens is 228 g/mol. The molecule has 18 heavy (non-hydrogen) atoms. The molecule has 106 valence electrons. The number of amides is 1. The van der Waals surface area contributed by atoms with Gasteiger partial charge in [0.1, 0.15) is 0 Å². The molecule has 1 amide bonds. The fourth-order valence-corrected chi connectivity index (χ4v) is 2.12. The summed E-state index contributed by atoms with van der Waals surface area (Å²) in [5, 5.41) is 2.87. The van der Waals surface area contributed by atoms with E-state index in [4.69, 9.17) is 10.5 Å². The summed E-state index contributed by atoms with van der Waals surface area (Å²) in [6.07, 6.45) is 8.30. The molecule has 1 atom stereocenters. The molecule has 1 rings (SSSR count). The second-order valence-electron chi connectivity index (χ2n) is 5.51. The molecule has 0 radical (unpaired) electrons. The summed E-state index contributed by atoms with van der Waals surface area (Å²) in [4.78, 5) is 11.7. The predicted molar refractivity (Wildman–Crippen MR) is 73.3 cm³/mol. The minimum absolute atomic E-state index is 0.0670. The third-order valence-electron chi connectivity index (χ3n) is 3.77. The lowest BCUT2D eigenvalue weighted by atomic mass is 9.98. The van der Waals surface area contributed by atoms with Crippen LogP contribution in [0.25, 0.3) is 0 Å². The molecule has 1 aliphatic carbocycles. The highest BCUT2D eigenvalue weighted by Crippen LogP contribution is 2.20. The molecule has 0 aliphatic heterocycles. The maximum absolute atomic E-state index is 11.7. The Bertz CT molecular complexity index is 248. The molecule has 0 aromatic carbocycles. The van der Waals surface area contributed by atoms with Crippen molar-refractivity contribution in [3.8, 4) is 0 Å². The number of nitrogens with one attached hydrogen (secondary N) is 1. The number of rotatable bonds is 7. The van der Waals surface area contributed by atoms with Crippen LogP contribution in [-0.2, 0) is 9.53 Å². The molecule has 4 heteroatoms. The van der Waals surface area contributed by atoms with Crippen molar-refractivity contribution in [1.29, 1.82) is 0 Å². The molecule has 3 N–H and O–H groups in total. The van der Waals surface area contributed by atoms with E-state index in [0.717, 1.165) is 13.0 Å². The van der Waals surface area contributed by atoms with E-state index in [9.17, 15) is 4.79 Å². The average molecular weight is 256 g/mol. The maximum Gasteiger partial charge on any atom is 0.239 e. The maximum atomic E-state index is 11.7. The quantitative estimate of drug-likeness (QED) is 0.684. The van der Waals surface area contributed by atoms with Gasteiger partial charge in [-0.2, -0.15) is 0 Å². The fraction of sp³-hybridized carbons (Fsp3) is 0.929. The van der Waals surface area contributed by atoms with Crippen molar-refractivity contribution in [1.82, 2.24) is 5.32 Å². The normalized spacial score (nSPS) is 20.4. The predicted octanol–water partition coefficient (Wildman–Crippen LogP) is 1.97. The van der Waals surface area contributed by atoms with Crippen LogP contribution in [-0.4, -0.2) is 30.7 Å². The van der Waals surface area contributed by atoms with Gasteiger partial charge < -0.3 is 15.8 Å². The summed E-state index contributed by atoms with van der Waals surface area (Å²) in [6, 6.07) is 0. The summed E-state index contributed by atoms with van der Waals surface area (Å²) < 4.78 is 5.79. The average Bonchev–Trinajstić information content (AvgIpc) is 2.39. The molecule has 0 heterocycles. The zero-order valence-electron chi connectivity index (χ0n) is 11.8. The highest BCUT2D eigenvalue weighted by molar-refractivity contribution is 5.85. The Balaban J connectivity index is 2.03. The standard InChI is InChI=1S/C14H28N2O2/c1-3-14(2,15)13(17)16-10-7-11-18-12-8-5-4-6-9-12/h12H,3-11,15H2,1-2H3,(H,16,17). The number of nitrogens with two attached hydrogens (primary N) is 1. The van der Waals surface area contributed by atoms with Gasteiger partial charge >= 0.3 is 0 Å². The molecule has 0 spiro atoms. The molecule has 1 aliphatic rings. The van der Waals surface area contributed by atoms with Crippen LogP contribution < -0.4 is 11.1 Å². The largest absolute Gasteiger partial charge is 0.378 e. The van der Waals surface area contributed by atoms with E-state index < -0.39 is 5.54 Å². The van der Waals surface area contributed by atoms with Crippen molar-refractivity contribution in [2.24, 2.45) is 5.73 Å². The summed E-state index contributed by atoms with van der Waals surface area (Å²) in [5.74, 6) is -0.0670. The number of hydrogen-bond acceptors (Lipinski definition) is 3. The van der Waals surface area contributed by atoms with Gasteiger partial charge in [-0.1, -0.05) is 26.2 Å². The van der Waals surface area contributed by atoms with Crippen molar-refractivity contribution in [3.05, 3.63) is 0 Å². The first-order valence-electron chi connectivity index (χ1n) is 7.25. The molecule has 0 aromatic rings. The van der Waals surface area contributed by atoms with Crippen LogP contribution in [0.4, 0.5) is 0 Å². The van der Waals surface area contributed by atoms with E-state index in [1.54, 1.807) is 6.92 Å². The molecule has 0 bridgehead atoms. The van der Waals surface area contributed by atoms with Crippen molar-refractivity contribution in [2.45, 2.75) is 70.4 Å². The Morgan fingerprint density at radius 1 is 1.39 bits per heavy atom. The van der Waals surface area contributed by atoms with E-state index in [1.165, 1.54) is 32.1 Å². The monoisotopic (exact) mass is 256 g/mol. The SMILES string of the molecule is CCC(C)(N)C(=O)NCCCOC1CCCCC1. The van der Waals surface area contributed by atoms with Crippen molar-refractivity contribution < 1.29 is 9.53 Å². The second-order valence-corrected chi connectivity index (χ2v) is 5.51. The molecule has 4 nitrogen and oxygen atoms in total. The van der Waals surface area contributed by atoms with Crippen LogP contribution in [0, 0.1) is 0 Å². The zero-order valence-corrected chi connectivity index (χ0v) is 11.8. The van der Waals surface area contributed by atoms with Gasteiger partial charge in [-0.25, -0.2) is 0 Å². The van der Waals surface area contributed by atoms with Crippen molar-refractivity contribution >= 4 is 5.91 Å². The first-order valence-corrected chi connectivity index (χ1v) is 7.25. The van der Waals surface area contributed by atoms with Crippen molar-refractivity contribution in [3.63, 3.8) is 0 Å². The van der Waals surface area contributed by atoms with Crippen LogP contribution in [0.2, 0.25) is 0 Å². The number of hydrogen-bond donors (Lipinski definition) is 2. The minimum atomic E-state index is -0.746. The van der Waals surface area contributed by atoms with Gasteiger partial charge in [0, 0.05) is 13.2 Å². The Kier molecular flexibility index (Phi) is 6.65. The third-order valence-corrected chi connectivity index (χ3v) is 3.77. The smallest absolute Gasteiger partial charge is 0.239 e. The highest BCUT2D eigenvalue weighted by atomic mass is 16.5. The highest BCUT2D eigenvalue weighted by Gasteiger charge is 2.25. The van der Waals surface area contributed by atoms with Crippen LogP contribution >= 0.6 is 0 Å². The molecule has 0 aromatic heterocycles. The Morgan fingerprint density at radius 2 is 2.06 bits per heavy atom. The molecule has 1 saturated carbocycles. The first kappa shape index (κ1) is 15.4. The number of carbonyl (C=O) groups excluding carboxylic acids is 1. The zero-order chi connectivity index (χ0) is 13.4. The van der Waals surface area contributed by atoms with Crippen LogP contribution in [0.15, 0.2) is 0 Å². The Labute approximate surface area is 111 Å². The first-order chi connectivity index (χ1) is 8.56. The summed E-state index contributed by atoms with van der Waals surface area (Å²) in [6.45, 7) is 5.07. The molecule has 0 saturated heterocycles. The van der Waals surface area contributed by atoms with Gasteiger partial charge in [-0.3, -0.25) is 4.79 Å². The third kappa shape index (κ3) is 5.36. The number of ether oxygens (including phenoxy) is 1. The van der Waals surface area contributed by atoms with Gasteiger partial charge in [0.2, 0.25) is 5.91 Å². The van der Waals surface area contributed by atoms with Crippen LogP contribution in [0.5, 0.6) is 0 Å². The topological polar surface area (TPSA) is 64.4 Å². The van der Waals surface area contributed by atoms with Gasteiger partial charge in [0.25, 0.3) is 0 Å².